The van der Waals surface area contributed by atoms with E-state index in [0.29, 0.717) is 0 Å². The maximum Gasteiger partial charge on any atom is 0.377 e. The molecule has 0 aliphatic carbocycles. The number of hydrogen-bond acceptors (Lipinski definition) is 3. The number of carbonyl (C=O) groups is 1. The zero-order valence-electron chi connectivity index (χ0n) is 5.38. The predicted molar refractivity (Wildman–Crippen MR) is 34.9 cm³/mol. The molecule has 0 aromatic carbocycles. The van der Waals surface area contributed by atoms with Gasteiger partial charge in [-0.05, 0) is 0 Å². The Balaban J connectivity index is 2.78. The zero-order chi connectivity index (χ0) is 8.70. The van der Waals surface area contributed by atoms with E-state index in [0.717, 1.165) is 11.8 Å². The molecular weight excluding hydrogens is 178 g/mol. The van der Waals surface area contributed by atoms with Crippen LogP contribution in [0.15, 0.2) is 0 Å². The van der Waals surface area contributed by atoms with Crippen LogP contribution in [0.3, 0.4) is 0 Å². The third-order valence-electron chi connectivity index (χ3n) is 1.53. The largest absolute Gasteiger partial charge is 0.477 e. The van der Waals surface area contributed by atoms with E-state index in [4.69, 9.17) is 10.2 Å². The summed E-state index contributed by atoms with van der Waals surface area (Å²) in [6.45, 7) is 0. The van der Waals surface area contributed by atoms with Crippen LogP contribution in [0.4, 0.5) is 8.78 Å². The number of alkyl halides is 2. The summed E-state index contributed by atoms with van der Waals surface area (Å²) < 4.78 is 25.0. The van der Waals surface area contributed by atoms with E-state index in [1.807, 2.05) is 0 Å². The second-order valence-electron chi connectivity index (χ2n) is 2.40. The SMILES string of the molecule is O=C(O)C(F)(F)C1(O)CSC1. The molecule has 11 heavy (non-hydrogen) atoms. The highest BCUT2D eigenvalue weighted by molar-refractivity contribution is 8.00. The molecule has 1 fully saturated rings. The number of halogens is 2. The normalized spacial score (nSPS) is 22.5. The fourth-order valence-corrected chi connectivity index (χ4v) is 1.63. The number of aliphatic carboxylic acids is 1. The number of thioether (sulfide) groups is 1. The number of aliphatic hydroxyl groups is 1. The van der Waals surface area contributed by atoms with Crippen LogP contribution in [-0.4, -0.2) is 39.2 Å². The van der Waals surface area contributed by atoms with Crippen molar-refractivity contribution in [2.75, 3.05) is 11.5 Å². The van der Waals surface area contributed by atoms with Crippen LogP contribution >= 0.6 is 11.8 Å². The summed E-state index contributed by atoms with van der Waals surface area (Å²) in [5, 5.41) is 17.0. The monoisotopic (exact) mass is 184 g/mol. The van der Waals surface area contributed by atoms with Crippen LogP contribution in [0.5, 0.6) is 0 Å². The fourth-order valence-electron chi connectivity index (χ4n) is 0.676. The Kier molecular flexibility index (Phi) is 1.84. The molecule has 0 unspecified atom stereocenters. The molecule has 1 rings (SSSR count). The number of hydrogen-bond donors (Lipinski definition) is 2. The van der Waals surface area contributed by atoms with E-state index in [9.17, 15) is 13.6 Å². The molecule has 3 nitrogen and oxygen atoms in total. The van der Waals surface area contributed by atoms with Gasteiger partial charge in [-0.3, -0.25) is 0 Å². The highest BCUT2D eigenvalue weighted by Crippen LogP contribution is 2.41. The molecule has 0 atom stereocenters. The van der Waals surface area contributed by atoms with Crippen molar-refractivity contribution >= 4 is 17.7 Å². The molecule has 0 amide bonds. The molecule has 64 valence electrons. The predicted octanol–water partition coefficient (Wildman–Crippen LogP) is 0.184. The van der Waals surface area contributed by atoms with E-state index in [1.54, 1.807) is 0 Å². The van der Waals surface area contributed by atoms with Crippen molar-refractivity contribution in [3.63, 3.8) is 0 Å². The highest BCUT2D eigenvalue weighted by atomic mass is 32.2. The van der Waals surface area contributed by atoms with Crippen LogP contribution in [0.2, 0.25) is 0 Å². The van der Waals surface area contributed by atoms with Gasteiger partial charge in [-0.25, -0.2) is 4.79 Å². The molecule has 0 saturated carbocycles. The Labute approximate surface area is 65.4 Å². The van der Waals surface area contributed by atoms with Gasteiger partial charge >= 0.3 is 11.9 Å². The smallest absolute Gasteiger partial charge is 0.377 e. The Morgan fingerprint density at radius 3 is 2.09 bits per heavy atom. The van der Waals surface area contributed by atoms with Crippen molar-refractivity contribution in [2.45, 2.75) is 11.5 Å². The zero-order valence-corrected chi connectivity index (χ0v) is 6.20. The molecular formula is C5H6F2O3S. The maximum atomic E-state index is 12.5. The Bertz CT molecular complexity index is 190. The molecule has 0 bridgehead atoms. The first kappa shape index (κ1) is 8.73. The lowest BCUT2D eigenvalue weighted by Gasteiger charge is -2.39. The van der Waals surface area contributed by atoms with Gasteiger partial charge in [-0.1, -0.05) is 0 Å². The van der Waals surface area contributed by atoms with E-state index < -0.39 is 17.5 Å². The van der Waals surface area contributed by atoms with Gasteiger partial charge in [0.1, 0.15) is 0 Å². The van der Waals surface area contributed by atoms with E-state index in [2.05, 4.69) is 0 Å². The minimum atomic E-state index is -4.02. The molecule has 1 aliphatic rings. The van der Waals surface area contributed by atoms with Crippen molar-refractivity contribution in [1.29, 1.82) is 0 Å². The van der Waals surface area contributed by atoms with E-state index >= 15 is 0 Å². The van der Waals surface area contributed by atoms with Crippen LogP contribution < -0.4 is 0 Å². The standard InChI is InChI=1S/C5H6F2O3S/c6-5(7,3(8)9)4(10)1-11-2-4/h10H,1-2H2,(H,8,9). The van der Waals surface area contributed by atoms with Gasteiger partial charge in [0, 0.05) is 11.5 Å². The molecule has 0 aromatic rings. The minimum absolute atomic E-state index is 0.216. The third-order valence-corrected chi connectivity index (χ3v) is 2.90. The summed E-state index contributed by atoms with van der Waals surface area (Å²) in [6.07, 6.45) is 0. The maximum absolute atomic E-state index is 12.5. The van der Waals surface area contributed by atoms with Gasteiger partial charge in [-0.15, -0.1) is 0 Å². The lowest BCUT2D eigenvalue weighted by molar-refractivity contribution is -0.199. The first-order valence-electron chi connectivity index (χ1n) is 2.81. The summed E-state index contributed by atoms with van der Waals surface area (Å²) in [6, 6.07) is 0. The summed E-state index contributed by atoms with van der Waals surface area (Å²) >= 11 is 1.09. The van der Waals surface area contributed by atoms with Crippen LogP contribution in [-0.2, 0) is 4.79 Å². The average molecular weight is 184 g/mol. The van der Waals surface area contributed by atoms with Crippen LogP contribution in [0.1, 0.15) is 0 Å². The van der Waals surface area contributed by atoms with E-state index in [-0.39, 0.29) is 11.5 Å². The molecule has 2 N–H and O–H groups in total. The summed E-state index contributed by atoms with van der Waals surface area (Å²) in [7, 11) is 0. The Morgan fingerprint density at radius 1 is 1.55 bits per heavy atom. The number of carboxylic acid groups (broad SMARTS) is 1. The second-order valence-corrected chi connectivity index (χ2v) is 3.39. The van der Waals surface area contributed by atoms with Crippen molar-refractivity contribution in [3.8, 4) is 0 Å². The highest BCUT2D eigenvalue weighted by Gasteiger charge is 2.62. The van der Waals surface area contributed by atoms with Crippen LogP contribution in [0, 0.1) is 0 Å². The molecule has 0 aromatic heterocycles. The van der Waals surface area contributed by atoms with Gasteiger partial charge in [-0.2, -0.15) is 20.5 Å². The van der Waals surface area contributed by atoms with Crippen molar-refractivity contribution in [1.82, 2.24) is 0 Å². The summed E-state index contributed by atoms with van der Waals surface area (Å²) in [5.41, 5.74) is -2.33. The van der Waals surface area contributed by atoms with Gasteiger partial charge in [0.2, 0.25) is 0 Å². The van der Waals surface area contributed by atoms with Gasteiger partial charge in [0.25, 0.3) is 0 Å². The minimum Gasteiger partial charge on any atom is -0.477 e. The first-order valence-corrected chi connectivity index (χ1v) is 3.97. The third kappa shape index (κ3) is 1.10. The average Bonchev–Trinajstić information content (AvgIpc) is 1.82. The summed E-state index contributed by atoms with van der Waals surface area (Å²) in [5.74, 6) is -6.71. The quantitative estimate of drug-likeness (QED) is 0.643. The van der Waals surface area contributed by atoms with Crippen molar-refractivity contribution < 1.29 is 23.8 Å². The Morgan fingerprint density at radius 2 is 2.00 bits per heavy atom. The molecule has 6 heteroatoms. The fraction of sp³-hybridized carbons (Fsp3) is 0.800. The summed E-state index contributed by atoms with van der Waals surface area (Å²) in [4.78, 5) is 9.94. The van der Waals surface area contributed by atoms with Gasteiger partial charge in [0.15, 0.2) is 5.60 Å². The number of rotatable bonds is 2. The van der Waals surface area contributed by atoms with Crippen molar-refractivity contribution in [3.05, 3.63) is 0 Å². The molecule has 0 radical (unpaired) electrons. The Hall–Kier alpha value is -0.360. The van der Waals surface area contributed by atoms with Gasteiger partial charge in [0.05, 0.1) is 0 Å². The van der Waals surface area contributed by atoms with Gasteiger partial charge < -0.3 is 10.2 Å². The molecule has 0 spiro atoms. The number of carboxylic acids is 1. The van der Waals surface area contributed by atoms with Crippen LogP contribution in [0.25, 0.3) is 0 Å². The lowest BCUT2D eigenvalue weighted by atomic mass is 9.99. The molecule has 1 saturated heterocycles. The molecule has 1 heterocycles. The topological polar surface area (TPSA) is 57.5 Å². The first-order chi connectivity index (χ1) is 4.90. The second kappa shape index (κ2) is 2.31. The molecule has 1 aliphatic heterocycles. The lowest BCUT2D eigenvalue weighted by Crippen LogP contribution is -2.61. The van der Waals surface area contributed by atoms with Crippen molar-refractivity contribution in [2.24, 2.45) is 0 Å². The van der Waals surface area contributed by atoms with E-state index in [1.165, 1.54) is 0 Å².